The zero-order valence-electron chi connectivity index (χ0n) is 15.7. The van der Waals surface area contributed by atoms with Crippen LogP contribution in [0.15, 0.2) is 29.3 Å². The predicted molar refractivity (Wildman–Crippen MR) is 116 cm³/mol. The normalized spacial score (nSPS) is 16.0. The molecule has 25 heavy (non-hydrogen) atoms. The molecule has 1 aromatic rings. The molecule has 0 aliphatic carbocycles. The van der Waals surface area contributed by atoms with Crippen LogP contribution in [0.4, 0.5) is 5.69 Å². The summed E-state index contributed by atoms with van der Waals surface area (Å²) in [6, 6.07) is 8.52. The number of amides is 1. The first-order chi connectivity index (χ1) is 11.5. The van der Waals surface area contributed by atoms with Gasteiger partial charge in [-0.05, 0) is 43.9 Å². The highest BCUT2D eigenvalue weighted by Gasteiger charge is 2.21. The first-order valence-corrected chi connectivity index (χ1v) is 8.95. The molecule has 1 fully saturated rings. The lowest BCUT2D eigenvalue weighted by atomic mass is 10.1. The molecule has 1 amide bonds. The van der Waals surface area contributed by atoms with E-state index in [1.165, 1.54) is 0 Å². The van der Waals surface area contributed by atoms with Crippen LogP contribution in [0.1, 0.15) is 46.1 Å². The fourth-order valence-corrected chi connectivity index (χ4v) is 2.58. The SMILES string of the molecule is CCNC(=NCc1ccc(N2CCCC2=O)cc1)NC(C)C(C)C.I. The van der Waals surface area contributed by atoms with E-state index in [0.717, 1.165) is 36.7 Å². The molecular formula is C19H31IN4O. The van der Waals surface area contributed by atoms with Crippen LogP contribution in [0.5, 0.6) is 0 Å². The number of carbonyl (C=O) groups excluding carboxylic acids is 1. The Kier molecular flexibility index (Phi) is 9.24. The van der Waals surface area contributed by atoms with Crippen molar-refractivity contribution in [2.45, 2.75) is 53.1 Å². The van der Waals surface area contributed by atoms with Crippen LogP contribution in [0, 0.1) is 5.92 Å². The molecule has 0 aromatic heterocycles. The molecule has 2 N–H and O–H groups in total. The van der Waals surface area contributed by atoms with Crippen molar-refractivity contribution in [3.05, 3.63) is 29.8 Å². The van der Waals surface area contributed by atoms with Gasteiger partial charge in [-0.3, -0.25) is 4.79 Å². The number of hydrogen-bond donors (Lipinski definition) is 2. The third kappa shape index (κ3) is 6.49. The summed E-state index contributed by atoms with van der Waals surface area (Å²) in [4.78, 5) is 18.3. The molecule has 0 bridgehead atoms. The molecule has 1 aliphatic heterocycles. The number of halogens is 1. The first kappa shape index (κ1) is 21.7. The summed E-state index contributed by atoms with van der Waals surface area (Å²) in [5.74, 6) is 1.62. The molecule has 0 spiro atoms. The summed E-state index contributed by atoms with van der Waals surface area (Å²) in [5, 5.41) is 6.72. The Balaban J connectivity index is 0.00000312. The topological polar surface area (TPSA) is 56.7 Å². The van der Waals surface area contributed by atoms with Gasteiger partial charge in [0.1, 0.15) is 0 Å². The Morgan fingerprint density at radius 2 is 1.92 bits per heavy atom. The summed E-state index contributed by atoms with van der Waals surface area (Å²) in [6.07, 6.45) is 1.62. The third-order valence-electron chi connectivity index (χ3n) is 4.45. The number of nitrogens with zero attached hydrogens (tertiary/aromatic N) is 2. The van der Waals surface area contributed by atoms with Crippen molar-refractivity contribution in [2.24, 2.45) is 10.9 Å². The second-order valence-corrected chi connectivity index (χ2v) is 6.69. The van der Waals surface area contributed by atoms with Gasteiger partial charge < -0.3 is 15.5 Å². The van der Waals surface area contributed by atoms with Gasteiger partial charge >= 0.3 is 0 Å². The van der Waals surface area contributed by atoms with E-state index in [1.807, 2.05) is 17.0 Å². The number of benzene rings is 1. The highest BCUT2D eigenvalue weighted by Crippen LogP contribution is 2.21. The van der Waals surface area contributed by atoms with Crippen molar-refractivity contribution in [2.75, 3.05) is 18.0 Å². The fourth-order valence-electron chi connectivity index (χ4n) is 2.58. The maximum absolute atomic E-state index is 11.8. The lowest BCUT2D eigenvalue weighted by Gasteiger charge is -2.20. The maximum atomic E-state index is 11.8. The minimum absolute atomic E-state index is 0. The molecule has 140 valence electrons. The number of hydrogen-bond acceptors (Lipinski definition) is 2. The van der Waals surface area contributed by atoms with Gasteiger partial charge in [0.05, 0.1) is 6.54 Å². The number of aliphatic imine (C=N–C) groups is 1. The Labute approximate surface area is 168 Å². The molecule has 0 saturated carbocycles. The molecule has 0 radical (unpaired) electrons. The smallest absolute Gasteiger partial charge is 0.227 e. The zero-order chi connectivity index (χ0) is 17.5. The van der Waals surface area contributed by atoms with Crippen LogP contribution in [-0.2, 0) is 11.3 Å². The molecular weight excluding hydrogens is 427 g/mol. The van der Waals surface area contributed by atoms with E-state index < -0.39 is 0 Å². The highest BCUT2D eigenvalue weighted by atomic mass is 127. The number of anilines is 1. The van der Waals surface area contributed by atoms with Crippen molar-refractivity contribution in [1.29, 1.82) is 0 Å². The van der Waals surface area contributed by atoms with E-state index in [2.05, 4.69) is 55.5 Å². The summed E-state index contributed by atoms with van der Waals surface area (Å²) in [5.41, 5.74) is 2.13. The Morgan fingerprint density at radius 1 is 1.24 bits per heavy atom. The molecule has 5 nitrogen and oxygen atoms in total. The molecule has 6 heteroatoms. The van der Waals surface area contributed by atoms with E-state index in [4.69, 9.17) is 0 Å². The van der Waals surface area contributed by atoms with Gasteiger partial charge in [-0.25, -0.2) is 4.99 Å². The summed E-state index contributed by atoms with van der Waals surface area (Å²) in [6.45, 7) is 10.9. The van der Waals surface area contributed by atoms with Gasteiger partial charge in [-0.15, -0.1) is 24.0 Å². The fraction of sp³-hybridized carbons (Fsp3) is 0.579. The molecule has 1 unspecified atom stereocenters. The van der Waals surface area contributed by atoms with Gasteiger partial charge in [0, 0.05) is 31.2 Å². The second-order valence-electron chi connectivity index (χ2n) is 6.69. The van der Waals surface area contributed by atoms with Crippen LogP contribution < -0.4 is 15.5 Å². The lowest BCUT2D eigenvalue weighted by Crippen LogP contribution is -2.44. The Morgan fingerprint density at radius 3 is 2.44 bits per heavy atom. The number of carbonyl (C=O) groups is 1. The number of nitrogens with one attached hydrogen (secondary N) is 2. The van der Waals surface area contributed by atoms with Gasteiger partial charge in [0.2, 0.25) is 5.91 Å². The van der Waals surface area contributed by atoms with Crippen LogP contribution in [0.3, 0.4) is 0 Å². The second kappa shape index (κ2) is 10.6. The van der Waals surface area contributed by atoms with E-state index in [-0.39, 0.29) is 29.9 Å². The van der Waals surface area contributed by atoms with E-state index in [9.17, 15) is 4.79 Å². The number of rotatable bonds is 6. The summed E-state index contributed by atoms with van der Waals surface area (Å²) >= 11 is 0. The van der Waals surface area contributed by atoms with Crippen LogP contribution in [0.25, 0.3) is 0 Å². The van der Waals surface area contributed by atoms with Gasteiger partial charge in [-0.2, -0.15) is 0 Å². The van der Waals surface area contributed by atoms with Crippen molar-refractivity contribution in [3.63, 3.8) is 0 Å². The quantitative estimate of drug-likeness (QED) is 0.390. The largest absolute Gasteiger partial charge is 0.357 e. The van der Waals surface area contributed by atoms with E-state index >= 15 is 0 Å². The highest BCUT2D eigenvalue weighted by molar-refractivity contribution is 14.0. The van der Waals surface area contributed by atoms with Gasteiger partial charge in [-0.1, -0.05) is 26.0 Å². The zero-order valence-corrected chi connectivity index (χ0v) is 18.0. The molecule has 1 aliphatic rings. The van der Waals surface area contributed by atoms with Gasteiger partial charge in [0.25, 0.3) is 0 Å². The maximum Gasteiger partial charge on any atom is 0.227 e. The van der Waals surface area contributed by atoms with Crippen LogP contribution in [-0.4, -0.2) is 31.0 Å². The number of guanidine groups is 1. The van der Waals surface area contributed by atoms with Crippen molar-refractivity contribution < 1.29 is 4.79 Å². The first-order valence-electron chi connectivity index (χ1n) is 8.95. The summed E-state index contributed by atoms with van der Waals surface area (Å²) in [7, 11) is 0. The van der Waals surface area contributed by atoms with Crippen molar-refractivity contribution in [3.8, 4) is 0 Å². The van der Waals surface area contributed by atoms with E-state index in [1.54, 1.807) is 0 Å². The van der Waals surface area contributed by atoms with E-state index in [0.29, 0.717) is 24.9 Å². The average molecular weight is 458 g/mol. The van der Waals surface area contributed by atoms with Crippen LogP contribution >= 0.6 is 24.0 Å². The Hall–Kier alpha value is -1.31. The molecule has 2 rings (SSSR count). The third-order valence-corrected chi connectivity index (χ3v) is 4.45. The standard InChI is InChI=1S/C19H30N4O.HI/c1-5-20-19(22-15(4)14(2)3)21-13-16-8-10-17(11-9-16)23-12-6-7-18(23)24;/h8-11,14-15H,5-7,12-13H2,1-4H3,(H2,20,21,22);1H. The molecule has 1 aromatic carbocycles. The minimum atomic E-state index is 0. The van der Waals surface area contributed by atoms with Gasteiger partial charge in [0.15, 0.2) is 5.96 Å². The predicted octanol–water partition coefficient (Wildman–Crippen LogP) is 3.53. The monoisotopic (exact) mass is 458 g/mol. The van der Waals surface area contributed by atoms with Crippen molar-refractivity contribution in [1.82, 2.24) is 10.6 Å². The molecule has 1 heterocycles. The molecule has 1 saturated heterocycles. The Bertz CT molecular complexity index is 571. The summed E-state index contributed by atoms with van der Waals surface area (Å²) < 4.78 is 0. The molecule has 1 atom stereocenters. The minimum Gasteiger partial charge on any atom is -0.357 e. The van der Waals surface area contributed by atoms with Crippen LogP contribution in [0.2, 0.25) is 0 Å². The van der Waals surface area contributed by atoms with Crippen molar-refractivity contribution >= 4 is 41.5 Å². The average Bonchev–Trinajstić information content (AvgIpc) is 2.99. The lowest BCUT2D eigenvalue weighted by molar-refractivity contribution is -0.117.